The van der Waals surface area contributed by atoms with Crippen molar-refractivity contribution in [3.8, 4) is 0 Å². The summed E-state index contributed by atoms with van der Waals surface area (Å²) in [5.74, 6) is 2.49. The van der Waals surface area contributed by atoms with Crippen molar-refractivity contribution in [2.75, 3.05) is 43.2 Å². The maximum absolute atomic E-state index is 11.0. The molecule has 7 heteroatoms. The lowest BCUT2D eigenvalue weighted by Gasteiger charge is -2.32. The van der Waals surface area contributed by atoms with E-state index >= 15 is 0 Å². The molecular weight excluding hydrogens is 354 g/mol. The van der Waals surface area contributed by atoms with Crippen LogP contribution < -0.4 is 9.80 Å². The predicted molar refractivity (Wildman–Crippen MR) is 113 cm³/mol. The Morgan fingerprint density at radius 2 is 2.11 bits per heavy atom. The van der Waals surface area contributed by atoms with Gasteiger partial charge >= 0.3 is 0 Å². The number of H-pyrrole nitrogens is 1. The number of aliphatic hydroxyl groups is 1. The molecule has 1 aliphatic rings. The van der Waals surface area contributed by atoms with Crippen molar-refractivity contribution in [2.45, 2.75) is 39.7 Å². The number of aromatic amines is 1. The third kappa shape index (κ3) is 4.36. The molecule has 3 rings (SSSR count). The molecule has 28 heavy (non-hydrogen) atoms. The fraction of sp³-hybridized carbons (Fsp3) is 0.524. The SMILES string of the molecule is CCC(C)=Cc1c(C(C)(C)O)cc(N2CCOCC2)nc1N(C)c1ccn[nH]1. The molecule has 152 valence electrons. The van der Waals surface area contributed by atoms with E-state index in [-0.39, 0.29) is 0 Å². The van der Waals surface area contributed by atoms with Crippen molar-refractivity contribution in [3.63, 3.8) is 0 Å². The molecule has 1 aliphatic heterocycles. The second-order valence-electron chi connectivity index (χ2n) is 7.77. The Hall–Kier alpha value is -2.38. The normalized spacial score (nSPS) is 15.8. The first-order valence-electron chi connectivity index (χ1n) is 9.82. The van der Waals surface area contributed by atoms with Crippen LogP contribution in [0.15, 0.2) is 23.9 Å². The Balaban J connectivity index is 2.22. The topological polar surface area (TPSA) is 77.5 Å². The number of pyridine rings is 1. The molecule has 0 atom stereocenters. The van der Waals surface area contributed by atoms with E-state index in [1.54, 1.807) is 6.20 Å². The number of nitrogens with zero attached hydrogens (tertiary/aromatic N) is 4. The summed E-state index contributed by atoms with van der Waals surface area (Å²) in [6, 6.07) is 3.93. The van der Waals surface area contributed by atoms with Gasteiger partial charge in [-0.15, -0.1) is 0 Å². The number of rotatable bonds is 6. The van der Waals surface area contributed by atoms with Gasteiger partial charge in [-0.1, -0.05) is 18.6 Å². The Bertz CT molecular complexity index is 818. The second-order valence-corrected chi connectivity index (χ2v) is 7.77. The summed E-state index contributed by atoms with van der Waals surface area (Å²) < 4.78 is 5.49. The van der Waals surface area contributed by atoms with Gasteiger partial charge in [-0.05, 0) is 38.8 Å². The summed E-state index contributed by atoms with van der Waals surface area (Å²) >= 11 is 0. The lowest BCUT2D eigenvalue weighted by Crippen LogP contribution is -2.37. The molecule has 0 bridgehead atoms. The highest BCUT2D eigenvalue weighted by Gasteiger charge is 2.27. The lowest BCUT2D eigenvalue weighted by molar-refractivity contribution is 0.0783. The van der Waals surface area contributed by atoms with Crippen molar-refractivity contribution < 1.29 is 9.84 Å². The largest absolute Gasteiger partial charge is 0.386 e. The minimum atomic E-state index is -1.01. The van der Waals surface area contributed by atoms with E-state index in [9.17, 15) is 5.11 Å². The Morgan fingerprint density at radius 1 is 1.39 bits per heavy atom. The van der Waals surface area contributed by atoms with E-state index in [4.69, 9.17) is 9.72 Å². The van der Waals surface area contributed by atoms with E-state index in [1.807, 2.05) is 37.9 Å². The Kier molecular flexibility index (Phi) is 6.05. The molecule has 3 heterocycles. The molecule has 0 saturated carbocycles. The smallest absolute Gasteiger partial charge is 0.144 e. The van der Waals surface area contributed by atoms with Crippen molar-refractivity contribution in [1.29, 1.82) is 0 Å². The summed E-state index contributed by atoms with van der Waals surface area (Å²) in [7, 11) is 1.96. The van der Waals surface area contributed by atoms with Gasteiger partial charge in [-0.25, -0.2) is 4.98 Å². The van der Waals surface area contributed by atoms with Crippen molar-refractivity contribution in [2.24, 2.45) is 0 Å². The Morgan fingerprint density at radius 3 is 2.68 bits per heavy atom. The van der Waals surface area contributed by atoms with Gasteiger partial charge in [0.2, 0.25) is 0 Å². The highest BCUT2D eigenvalue weighted by molar-refractivity contribution is 5.75. The third-order valence-corrected chi connectivity index (χ3v) is 5.13. The summed E-state index contributed by atoms with van der Waals surface area (Å²) in [5.41, 5.74) is 2.01. The molecule has 0 aromatic carbocycles. The molecule has 2 aromatic rings. The standard InChI is InChI=1S/C21H31N5O2/c1-6-15(2)13-16-17(21(3,4)27)14-19(26-9-11-28-12-10-26)23-20(16)25(5)18-7-8-22-24-18/h7-8,13-14,27H,6,9-12H2,1-5H3,(H,22,24). The molecule has 2 aromatic heterocycles. The third-order valence-electron chi connectivity index (χ3n) is 5.13. The number of allylic oxidation sites excluding steroid dienone is 1. The highest BCUT2D eigenvalue weighted by atomic mass is 16.5. The number of anilines is 3. The van der Waals surface area contributed by atoms with Crippen LogP contribution in [0.3, 0.4) is 0 Å². The van der Waals surface area contributed by atoms with Crippen LogP contribution in [0, 0.1) is 0 Å². The second kappa shape index (κ2) is 8.32. The van der Waals surface area contributed by atoms with Gasteiger partial charge in [0, 0.05) is 31.8 Å². The van der Waals surface area contributed by atoms with Crippen molar-refractivity contribution in [3.05, 3.63) is 35.0 Å². The van der Waals surface area contributed by atoms with Crippen LogP contribution >= 0.6 is 0 Å². The van der Waals surface area contributed by atoms with Crippen molar-refractivity contribution >= 4 is 23.5 Å². The Labute approximate surface area is 167 Å². The first kappa shape index (κ1) is 20.4. The summed E-state index contributed by atoms with van der Waals surface area (Å²) in [6.45, 7) is 10.8. The zero-order valence-electron chi connectivity index (χ0n) is 17.5. The first-order chi connectivity index (χ1) is 13.3. The number of nitrogens with one attached hydrogen (secondary N) is 1. The average molecular weight is 386 g/mol. The molecule has 1 saturated heterocycles. The fourth-order valence-corrected chi connectivity index (χ4v) is 3.28. The molecule has 0 amide bonds. The molecular formula is C21H31N5O2. The quantitative estimate of drug-likeness (QED) is 0.793. The number of hydrogen-bond donors (Lipinski definition) is 2. The van der Waals surface area contributed by atoms with Gasteiger partial charge in [0.25, 0.3) is 0 Å². The summed E-state index contributed by atoms with van der Waals surface area (Å²) in [6.07, 6.45) is 4.79. The lowest BCUT2D eigenvalue weighted by atomic mass is 9.92. The van der Waals surface area contributed by atoms with Gasteiger partial charge in [-0.3, -0.25) is 5.10 Å². The van der Waals surface area contributed by atoms with E-state index in [1.165, 1.54) is 5.57 Å². The minimum Gasteiger partial charge on any atom is -0.386 e. The van der Waals surface area contributed by atoms with Crippen LogP contribution in [0.5, 0.6) is 0 Å². The van der Waals surface area contributed by atoms with Crippen LogP contribution in [0.2, 0.25) is 0 Å². The van der Waals surface area contributed by atoms with E-state index < -0.39 is 5.60 Å². The van der Waals surface area contributed by atoms with E-state index in [0.717, 1.165) is 48.1 Å². The van der Waals surface area contributed by atoms with Gasteiger partial charge in [-0.2, -0.15) is 5.10 Å². The van der Waals surface area contributed by atoms with Gasteiger partial charge in [0.15, 0.2) is 0 Å². The maximum atomic E-state index is 11.0. The van der Waals surface area contributed by atoms with Crippen LogP contribution in [-0.2, 0) is 10.3 Å². The summed E-state index contributed by atoms with van der Waals surface area (Å²) in [5, 5.41) is 18.1. The fourth-order valence-electron chi connectivity index (χ4n) is 3.28. The molecule has 1 fully saturated rings. The van der Waals surface area contributed by atoms with Crippen LogP contribution in [0.1, 0.15) is 45.2 Å². The molecule has 0 radical (unpaired) electrons. The van der Waals surface area contributed by atoms with E-state index in [0.29, 0.717) is 13.2 Å². The minimum absolute atomic E-state index is 0.682. The molecule has 0 unspecified atom stereocenters. The summed E-state index contributed by atoms with van der Waals surface area (Å²) in [4.78, 5) is 9.21. The molecule has 2 N–H and O–H groups in total. The van der Waals surface area contributed by atoms with Crippen molar-refractivity contribution in [1.82, 2.24) is 15.2 Å². The van der Waals surface area contributed by atoms with Crippen LogP contribution in [0.25, 0.3) is 6.08 Å². The van der Waals surface area contributed by atoms with Crippen LogP contribution in [0.4, 0.5) is 17.5 Å². The first-order valence-corrected chi connectivity index (χ1v) is 9.82. The monoisotopic (exact) mass is 385 g/mol. The highest BCUT2D eigenvalue weighted by Crippen LogP contribution is 2.36. The zero-order chi connectivity index (χ0) is 20.3. The maximum Gasteiger partial charge on any atom is 0.144 e. The molecule has 0 aliphatic carbocycles. The number of ether oxygens (including phenoxy) is 1. The molecule has 7 nitrogen and oxygen atoms in total. The number of hydrogen-bond acceptors (Lipinski definition) is 6. The van der Waals surface area contributed by atoms with Crippen LogP contribution in [-0.4, -0.2) is 53.6 Å². The van der Waals surface area contributed by atoms with Gasteiger partial charge < -0.3 is 19.6 Å². The van der Waals surface area contributed by atoms with E-state index in [2.05, 4.69) is 35.0 Å². The number of morpholine rings is 1. The van der Waals surface area contributed by atoms with Gasteiger partial charge in [0.1, 0.15) is 17.5 Å². The number of aromatic nitrogens is 3. The molecule has 0 spiro atoms. The predicted octanol–water partition coefficient (Wildman–Crippen LogP) is 3.45. The van der Waals surface area contributed by atoms with Gasteiger partial charge in [0.05, 0.1) is 25.0 Å². The zero-order valence-corrected chi connectivity index (χ0v) is 17.5. The average Bonchev–Trinajstić information content (AvgIpc) is 3.22.